The third-order valence-corrected chi connectivity index (χ3v) is 3.71. The number of nitrogens with zero attached hydrogens (tertiary/aromatic N) is 7. The van der Waals surface area contributed by atoms with E-state index in [1.165, 1.54) is 6.33 Å². The standard InChI is InChI=1S/C13H14IN7/c1-19(2)8-17-12-11-10(14)6-21(13(11)16-7-15-12)9-4-18-20(3)5-9/h4-8H,1-3H3/b17-8+. The van der Waals surface area contributed by atoms with E-state index >= 15 is 0 Å². The second-order valence-corrected chi connectivity index (χ2v) is 5.99. The highest BCUT2D eigenvalue weighted by atomic mass is 127. The number of aliphatic imine (C=N–C) groups is 1. The van der Waals surface area contributed by atoms with Gasteiger partial charge in [0.05, 0.1) is 23.6 Å². The summed E-state index contributed by atoms with van der Waals surface area (Å²) in [4.78, 5) is 15.0. The number of aromatic nitrogens is 5. The second-order valence-electron chi connectivity index (χ2n) is 4.82. The van der Waals surface area contributed by atoms with Gasteiger partial charge in [0.1, 0.15) is 6.33 Å². The molecule has 0 saturated heterocycles. The van der Waals surface area contributed by atoms with Crippen LogP contribution in [0.3, 0.4) is 0 Å². The molecule has 0 amide bonds. The third kappa shape index (κ3) is 2.62. The molecule has 3 aromatic heterocycles. The number of halogens is 1. The van der Waals surface area contributed by atoms with Crippen molar-refractivity contribution < 1.29 is 0 Å². The van der Waals surface area contributed by atoms with Gasteiger partial charge in [0.2, 0.25) is 0 Å². The van der Waals surface area contributed by atoms with Crippen molar-refractivity contribution in [3.63, 3.8) is 0 Å². The maximum absolute atomic E-state index is 4.42. The zero-order chi connectivity index (χ0) is 15.0. The van der Waals surface area contributed by atoms with Gasteiger partial charge in [-0.3, -0.25) is 9.25 Å². The van der Waals surface area contributed by atoms with Gasteiger partial charge in [-0.1, -0.05) is 0 Å². The van der Waals surface area contributed by atoms with Crippen LogP contribution in [0.4, 0.5) is 5.82 Å². The smallest absolute Gasteiger partial charge is 0.167 e. The summed E-state index contributed by atoms with van der Waals surface area (Å²) in [7, 11) is 5.74. The van der Waals surface area contributed by atoms with E-state index in [1.54, 1.807) is 17.2 Å². The van der Waals surface area contributed by atoms with E-state index in [2.05, 4.69) is 42.6 Å². The fourth-order valence-electron chi connectivity index (χ4n) is 2.00. The summed E-state index contributed by atoms with van der Waals surface area (Å²) in [6.45, 7) is 0. The Kier molecular flexibility index (Phi) is 3.62. The van der Waals surface area contributed by atoms with Gasteiger partial charge in [-0.15, -0.1) is 0 Å². The van der Waals surface area contributed by atoms with Crippen molar-refractivity contribution >= 4 is 45.8 Å². The average Bonchev–Trinajstić information content (AvgIpc) is 3.01. The van der Waals surface area contributed by atoms with E-state index in [-0.39, 0.29) is 0 Å². The molecule has 0 aliphatic carbocycles. The first-order valence-electron chi connectivity index (χ1n) is 6.27. The molecule has 0 atom stereocenters. The topological polar surface area (TPSA) is 64.1 Å². The maximum Gasteiger partial charge on any atom is 0.167 e. The summed E-state index contributed by atoms with van der Waals surface area (Å²) in [6.07, 6.45) is 9.04. The van der Waals surface area contributed by atoms with Crippen LogP contribution in [0, 0.1) is 3.57 Å². The van der Waals surface area contributed by atoms with Gasteiger partial charge < -0.3 is 4.90 Å². The summed E-state index contributed by atoms with van der Waals surface area (Å²) >= 11 is 2.28. The molecule has 8 heteroatoms. The van der Waals surface area contributed by atoms with Crippen LogP contribution in [0.1, 0.15) is 0 Å². The monoisotopic (exact) mass is 395 g/mol. The molecule has 0 radical (unpaired) electrons. The molecule has 3 aromatic rings. The summed E-state index contributed by atoms with van der Waals surface area (Å²) in [5.41, 5.74) is 1.79. The van der Waals surface area contributed by atoms with Crippen molar-refractivity contribution in [2.75, 3.05) is 14.1 Å². The van der Waals surface area contributed by atoms with Crippen LogP contribution < -0.4 is 0 Å². The molecular weight excluding hydrogens is 381 g/mol. The van der Waals surface area contributed by atoms with Gasteiger partial charge in [0, 0.05) is 37.1 Å². The molecule has 3 heterocycles. The SMILES string of the molecule is CN(C)/C=N/c1ncnc2c1c(I)cn2-c1cnn(C)c1. The molecule has 0 aliphatic rings. The van der Waals surface area contributed by atoms with Crippen LogP contribution in [0.5, 0.6) is 0 Å². The third-order valence-electron chi connectivity index (χ3n) is 2.90. The van der Waals surface area contributed by atoms with Crippen molar-refractivity contribution in [1.82, 2.24) is 29.2 Å². The van der Waals surface area contributed by atoms with Crippen LogP contribution >= 0.6 is 22.6 Å². The number of hydrogen-bond donors (Lipinski definition) is 0. The summed E-state index contributed by atoms with van der Waals surface area (Å²) in [5.74, 6) is 0.667. The van der Waals surface area contributed by atoms with Gasteiger partial charge in [-0.05, 0) is 22.6 Å². The summed E-state index contributed by atoms with van der Waals surface area (Å²) in [5, 5.41) is 5.15. The molecule has 0 unspecified atom stereocenters. The largest absolute Gasteiger partial charge is 0.369 e. The molecular formula is C13H14IN7. The molecule has 0 aliphatic heterocycles. The van der Waals surface area contributed by atoms with E-state index in [0.29, 0.717) is 5.82 Å². The van der Waals surface area contributed by atoms with E-state index in [0.717, 1.165) is 20.3 Å². The second kappa shape index (κ2) is 5.43. The Morgan fingerprint density at radius 3 is 2.76 bits per heavy atom. The van der Waals surface area contributed by atoms with Crippen molar-refractivity contribution in [3.05, 3.63) is 28.5 Å². The molecule has 0 spiro atoms. The van der Waals surface area contributed by atoms with Gasteiger partial charge in [0.15, 0.2) is 11.5 Å². The van der Waals surface area contributed by atoms with E-state index in [9.17, 15) is 0 Å². The highest BCUT2D eigenvalue weighted by Crippen LogP contribution is 2.30. The Bertz CT molecular complexity index is 815. The Balaban J connectivity index is 2.20. The molecule has 0 bridgehead atoms. The first-order chi connectivity index (χ1) is 10.1. The molecule has 3 rings (SSSR count). The van der Waals surface area contributed by atoms with Crippen molar-refractivity contribution in [2.24, 2.45) is 12.0 Å². The van der Waals surface area contributed by atoms with Crippen molar-refractivity contribution in [2.45, 2.75) is 0 Å². The van der Waals surface area contributed by atoms with Crippen LogP contribution in [0.25, 0.3) is 16.7 Å². The molecule has 108 valence electrons. The zero-order valence-corrected chi connectivity index (χ0v) is 14.1. The first-order valence-corrected chi connectivity index (χ1v) is 7.35. The predicted molar refractivity (Wildman–Crippen MR) is 90.2 cm³/mol. The average molecular weight is 395 g/mol. The Morgan fingerprint density at radius 1 is 1.29 bits per heavy atom. The lowest BCUT2D eigenvalue weighted by molar-refractivity contribution is 0.643. The fraction of sp³-hybridized carbons (Fsp3) is 0.231. The van der Waals surface area contributed by atoms with Crippen LogP contribution in [0.15, 0.2) is 29.9 Å². The van der Waals surface area contributed by atoms with E-state index in [1.807, 2.05) is 43.0 Å². The maximum atomic E-state index is 4.42. The first kappa shape index (κ1) is 14.0. The van der Waals surface area contributed by atoms with Gasteiger partial charge in [-0.2, -0.15) is 5.10 Å². The highest BCUT2D eigenvalue weighted by molar-refractivity contribution is 14.1. The summed E-state index contributed by atoms with van der Waals surface area (Å²) in [6, 6.07) is 0. The Labute approximate surface area is 135 Å². The lowest BCUT2D eigenvalue weighted by atomic mass is 10.4. The predicted octanol–water partition coefficient (Wildman–Crippen LogP) is 1.98. The zero-order valence-electron chi connectivity index (χ0n) is 11.9. The summed E-state index contributed by atoms with van der Waals surface area (Å²) < 4.78 is 4.82. The molecule has 0 fully saturated rings. The molecule has 7 nitrogen and oxygen atoms in total. The Hall–Kier alpha value is -1.97. The van der Waals surface area contributed by atoms with Crippen LogP contribution in [0.2, 0.25) is 0 Å². The minimum Gasteiger partial charge on any atom is -0.369 e. The van der Waals surface area contributed by atoms with Crippen molar-refractivity contribution in [1.29, 1.82) is 0 Å². The quantitative estimate of drug-likeness (QED) is 0.387. The highest BCUT2D eigenvalue weighted by Gasteiger charge is 2.14. The van der Waals surface area contributed by atoms with Gasteiger partial charge in [-0.25, -0.2) is 15.0 Å². The number of fused-ring (bicyclic) bond motifs is 1. The number of rotatable bonds is 3. The van der Waals surface area contributed by atoms with E-state index < -0.39 is 0 Å². The van der Waals surface area contributed by atoms with Gasteiger partial charge in [0.25, 0.3) is 0 Å². The lowest BCUT2D eigenvalue weighted by Crippen LogP contribution is -2.07. The number of hydrogen-bond acceptors (Lipinski definition) is 4. The van der Waals surface area contributed by atoms with Gasteiger partial charge >= 0.3 is 0 Å². The van der Waals surface area contributed by atoms with Crippen LogP contribution in [-0.4, -0.2) is 49.6 Å². The minimum atomic E-state index is 0.667. The fourth-order valence-corrected chi connectivity index (χ4v) is 2.76. The van der Waals surface area contributed by atoms with E-state index in [4.69, 9.17) is 0 Å². The molecule has 21 heavy (non-hydrogen) atoms. The molecule has 0 N–H and O–H groups in total. The molecule has 0 saturated carbocycles. The Morgan fingerprint density at radius 2 is 2.10 bits per heavy atom. The number of aryl methyl sites for hydroxylation is 1. The lowest BCUT2D eigenvalue weighted by Gasteiger charge is -2.03. The molecule has 0 aromatic carbocycles. The van der Waals surface area contributed by atoms with Crippen LogP contribution in [-0.2, 0) is 7.05 Å². The normalized spacial score (nSPS) is 11.6. The minimum absolute atomic E-state index is 0.667. The van der Waals surface area contributed by atoms with Crippen molar-refractivity contribution in [3.8, 4) is 5.69 Å².